The Balaban J connectivity index is 1.37. The highest BCUT2D eigenvalue weighted by molar-refractivity contribution is 6.42. The van der Waals surface area contributed by atoms with Crippen LogP contribution in [-0.4, -0.2) is 31.7 Å². The second kappa shape index (κ2) is 12.6. The van der Waals surface area contributed by atoms with Gasteiger partial charge in [0, 0.05) is 18.5 Å². The van der Waals surface area contributed by atoms with Gasteiger partial charge in [-0.2, -0.15) is 5.10 Å². The van der Waals surface area contributed by atoms with Crippen molar-refractivity contribution < 1.29 is 19.1 Å². The van der Waals surface area contributed by atoms with E-state index in [0.29, 0.717) is 22.2 Å². The number of nitrogens with one attached hydrogen (secondary N) is 2. The molecule has 0 aliphatic heterocycles. The lowest BCUT2D eigenvalue weighted by Crippen LogP contribution is -2.29. The molecule has 3 aromatic carbocycles. The van der Waals surface area contributed by atoms with Crippen LogP contribution in [-0.2, 0) is 11.4 Å². The molecule has 0 heterocycles. The van der Waals surface area contributed by atoms with Gasteiger partial charge in [-0.05, 0) is 65.7 Å². The van der Waals surface area contributed by atoms with Gasteiger partial charge in [-0.25, -0.2) is 5.43 Å². The standard InChI is InChI=1S/C25H23Cl2N3O4/c1-33-20-7-4-18(5-8-20)16-34-21-9-2-17(3-10-21)15-29-30-24(31)12-13-28-25(32)19-6-11-22(26)23(27)14-19/h2-11,14-15H,12-13,16H2,1H3,(H,28,32)(H,30,31). The molecule has 0 radical (unpaired) electrons. The van der Waals surface area contributed by atoms with E-state index in [4.69, 9.17) is 32.7 Å². The largest absolute Gasteiger partial charge is 0.497 e. The first-order chi connectivity index (χ1) is 16.4. The predicted octanol–water partition coefficient (Wildman–Crippen LogP) is 4.85. The molecular formula is C25H23Cl2N3O4. The number of hydrogen-bond acceptors (Lipinski definition) is 5. The molecule has 7 nitrogen and oxygen atoms in total. The zero-order chi connectivity index (χ0) is 24.3. The van der Waals surface area contributed by atoms with Crippen LogP contribution in [0.4, 0.5) is 0 Å². The highest BCUT2D eigenvalue weighted by atomic mass is 35.5. The third kappa shape index (κ3) is 7.79. The average molecular weight is 500 g/mol. The van der Waals surface area contributed by atoms with Crippen LogP contribution in [0.15, 0.2) is 71.8 Å². The van der Waals surface area contributed by atoms with Crippen molar-refractivity contribution in [3.8, 4) is 11.5 Å². The van der Waals surface area contributed by atoms with Crippen LogP contribution < -0.4 is 20.2 Å². The Morgan fingerprint density at radius 2 is 1.65 bits per heavy atom. The van der Waals surface area contributed by atoms with Crippen molar-refractivity contribution in [2.45, 2.75) is 13.0 Å². The normalized spacial score (nSPS) is 10.7. The first-order valence-electron chi connectivity index (χ1n) is 10.4. The predicted molar refractivity (Wildman–Crippen MR) is 133 cm³/mol. The third-order valence-corrected chi connectivity index (χ3v) is 5.41. The Labute approximate surface area is 207 Å². The minimum absolute atomic E-state index is 0.0720. The summed E-state index contributed by atoms with van der Waals surface area (Å²) >= 11 is 11.7. The first kappa shape index (κ1) is 25.1. The molecule has 0 bridgehead atoms. The number of methoxy groups -OCH3 is 1. The fourth-order valence-corrected chi connectivity index (χ4v) is 3.10. The van der Waals surface area contributed by atoms with Gasteiger partial charge < -0.3 is 14.8 Å². The van der Waals surface area contributed by atoms with Crippen LogP contribution in [0.5, 0.6) is 11.5 Å². The molecular weight excluding hydrogens is 477 g/mol. The van der Waals surface area contributed by atoms with Gasteiger partial charge in [-0.1, -0.05) is 35.3 Å². The molecule has 0 aromatic heterocycles. The Kier molecular flexibility index (Phi) is 9.31. The number of carbonyl (C=O) groups excluding carboxylic acids is 2. The minimum Gasteiger partial charge on any atom is -0.497 e. The van der Waals surface area contributed by atoms with Gasteiger partial charge in [-0.15, -0.1) is 0 Å². The summed E-state index contributed by atoms with van der Waals surface area (Å²) in [5.41, 5.74) is 4.62. The second-order valence-corrected chi connectivity index (χ2v) is 7.95. The number of halogens is 2. The van der Waals surface area contributed by atoms with Crippen LogP contribution in [0, 0.1) is 0 Å². The Morgan fingerprint density at radius 3 is 2.32 bits per heavy atom. The topological polar surface area (TPSA) is 89.0 Å². The number of rotatable bonds is 10. The average Bonchev–Trinajstić information content (AvgIpc) is 2.85. The van der Waals surface area contributed by atoms with Crippen LogP contribution in [0.1, 0.15) is 27.9 Å². The number of hydrogen-bond donors (Lipinski definition) is 2. The summed E-state index contributed by atoms with van der Waals surface area (Å²) in [5.74, 6) is 0.844. The first-order valence-corrected chi connectivity index (χ1v) is 11.1. The van der Waals surface area contributed by atoms with Gasteiger partial charge in [0.25, 0.3) is 5.91 Å². The molecule has 34 heavy (non-hydrogen) atoms. The number of benzene rings is 3. The van der Waals surface area contributed by atoms with Crippen molar-refractivity contribution >= 4 is 41.2 Å². The van der Waals surface area contributed by atoms with Crippen molar-refractivity contribution in [3.63, 3.8) is 0 Å². The van der Waals surface area contributed by atoms with Crippen molar-refractivity contribution in [2.24, 2.45) is 5.10 Å². The minimum atomic E-state index is -0.343. The van der Waals surface area contributed by atoms with Crippen molar-refractivity contribution in [1.29, 1.82) is 0 Å². The maximum Gasteiger partial charge on any atom is 0.251 e. The molecule has 0 spiro atoms. The van der Waals surface area contributed by atoms with E-state index in [-0.39, 0.29) is 24.8 Å². The summed E-state index contributed by atoms with van der Waals surface area (Å²) in [5, 5.41) is 7.24. The maximum absolute atomic E-state index is 12.1. The molecule has 0 fully saturated rings. The highest BCUT2D eigenvalue weighted by Crippen LogP contribution is 2.22. The van der Waals surface area contributed by atoms with E-state index >= 15 is 0 Å². The second-order valence-electron chi connectivity index (χ2n) is 7.13. The number of nitrogens with zero attached hydrogens (tertiary/aromatic N) is 1. The fourth-order valence-electron chi connectivity index (χ4n) is 2.80. The molecule has 9 heteroatoms. The molecule has 0 atom stereocenters. The van der Waals surface area contributed by atoms with E-state index < -0.39 is 0 Å². The SMILES string of the molecule is COc1ccc(COc2ccc(C=NNC(=O)CCNC(=O)c3ccc(Cl)c(Cl)c3)cc2)cc1. The zero-order valence-electron chi connectivity index (χ0n) is 18.4. The molecule has 2 amide bonds. The van der Waals surface area contributed by atoms with E-state index in [1.165, 1.54) is 12.3 Å². The Morgan fingerprint density at radius 1 is 0.941 bits per heavy atom. The Hall–Kier alpha value is -3.55. The van der Waals surface area contributed by atoms with E-state index in [1.54, 1.807) is 19.2 Å². The van der Waals surface area contributed by atoms with Crippen LogP contribution >= 0.6 is 23.2 Å². The van der Waals surface area contributed by atoms with Crippen LogP contribution in [0.2, 0.25) is 10.0 Å². The van der Waals surface area contributed by atoms with Crippen molar-refractivity contribution in [1.82, 2.24) is 10.7 Å². The summed E-state index contributed by atoms with van der Waals surface area (Å²) in [4.78, 5) is 24.0. The summed E-state index contributed by atoms with van der Waals surface area (Å²) in [6.45, 7) is 0.593. The molecule has 0 aliphatic carbocycles. The van der Waals surface area contributed by atoms with Crippen molar-refractivity contribution in [3.05, 3.63) is 93.5 Å². The van der Waals surface area contributed by atoms with Gasteiger partial charge in [0.15, 0.2) is 0 Å². The van der Waals surface area contributed by atoms with Gasteiger partial charge in [0.1, 0.15) is 18.1 Å². The lowest BCUT2D eigenvalue weighted by Gasteiger charge is -2.07. The quantitative estimate of drug-likeness (QED) is 0.308. The third-order valence-electron chi connectivity index (χ3n) is 4.67. The van der Waals surface area contributed by atoms with Gasteiger partial charge in [-0.3, -0.25) is 9.59 Å². The van der Waals surface area contributed by atoms with Crippen LogP contribution in [0.25, 0.3) is 0 Å². The van der Waals surface area contributed by atoms with E-state index in [0.717, 1.165) is 22.6 Å². The summed E-state index contributed by atoms with van der Waals surface area (Å²) in [6.07, 6.45) is 1.60. The maximum atomic E-state index is 12.1. The molecule has 3 rings (SSSR count). The lowest BCUT2D eigenvalue weighted by molar-refractivity contribution is -0.120. The van der Waals surface area contributed by atoms with E-state index in [1.807, 2.05) is 48.5 Å². The monoisotopic (exact) mass is 499 g/mol. The summed E-state index contributed by atoms with van der Waals surface area (Å²) < 4.78 is 10.9. The number of carbonyl (C=O) groups is 2. The summed E-state index contributed by atoms with van der Waals surface area (Å²) in [6, 6.07) is 19.5. The van der Waals surface area contributed by atoms with Gasteiger partial charge in [0.05, 0.1) is 23.4 Å². The molecule has 3 aromatic rings. The summed E-state index contributed by atoms with van der Waals surface area (Å²) in [7, 11) is 1.63. The smallest absolute Gasteiger partial charge is 0.251 e. The number of hydrazone groups is 1. The molecule has 0 saturated carbocycles. The fraction of sp³-hybridized carbons (Fsp3) is 0.160. The van der Waals surface area contributed by atoms with Crippen molar-refractivity contribution in [2.75, 3.05) is 13.7 Å². The molecule has 2 N–H and O–H groups in total. The van der Waals surface area contributed by atoms with Gasteiger partial charge >= 0.3 is 0 Å². The molecule has 176 valence electrons. The van der Waals surface area contributed by atoms with E-state index in [2.05, 4.69) is 15.8 Å². The molecule has 0 saturated heterocycles. The molecule has 0 unspecified atom stereocenters. The van der Waals surface area contributed by atoms with Crippen LogP contribution in [0.3, 0.4) is 0 Å². The highest BCUT2D eigenvalue weighted by Gasteiger charge is 2.08. The number of ether oxygens (including phenoxy) is 2. The van der Waals surface area contributed by atoms with E-state index in [9.17, 15) is 9.59 Å². The van der Waals surface area contributed by atoms with Gasteiger partial charge in [0.2, 0.25) is 5.91 Å². The zero-order valence-corrected chi connectivity index (χ0v) is 19.9. The Bertz CT molecular complexity index is 1150. The number of amides is 2. The lowest BCUT2D eigenvalue weighted by atomic mass is 10.2. The molecule has 0 aliphatic rings.